The smallest absolute Gasteiger partial charge is 0.359 e. The number of hydrogen-bond acceptors (Lipinski definition) is 8. The van der Waals surface area contributed by atoms with E-state index in [1.807, 2.05) is 13.8 Å². The van der Waals surface area contributed by atoms with E-state index in [4.69, 9.17) is 9.47 Å². The number of anilines is 1. The summed E-state index contributed by atoms with van der Waals surface area (Å²) in [6.45, 7) is 3.50. The van der Waals surface area contributed by atoms with E-state index in [1.165, 1.54) is 23.9 Å². The molecule has 0 saturated carbocycles. The number of non-ortho nitro benzene ring substituents is 1. The van der Waals surface area contributed by atoms with Crippen molar-refractivity contribution >= 4 is 34.0 Å². The van der Waals surface area contributed by atoms with Gasteiger partial charge in [0.25, 0.3) is 17.2 Å². The van der Waals surface area contributed by atoms with Gasteiger partial charge in [-0.25, -0.2) is 9.48 Å². The van der Waals surface area contributed by atoms with Crippen molar-refractivity contribution in [3.63, 3.8) is 0 Å². The van der Waals surface area contributed by atoms with Crippen LogP contribution in [0.1, 0.15) is 24.3 Å². The van der Waals surface area contributed by atoms with Crippen molar-refractivity contribution in [2.24, 2.45) is 5.92 Å². The van der Waals surface area contributed by atoms with Gasteiger partial charge in [-0.1, -0.05) is 32.0 Å². The first-order valence-corrected chi connectivity index (χ1v) is 10.0. The van der Waals surface area contributed by atoms with E-state index in [0.29, 0.717) is 17.3 Å². The second-order valence-electron chi connectivity index (χ2n) is 7.54. The standard InChI is InChI=1S/C22H22N4O7/c1-13(2)11-25-21(28)16-7-5-4-6-15(16)20(24-25)22(29)33-12-19(27)23-17-9-8-14(26(30)31)10-18(17)32-3/h4-10,13H,11-12H2,1-3H3,(H,23,27). The summed E-state index contributed by atoms with van der Waals surface area (Å²) in [5, 5.41) is 18.2. The lowest BCUT2D eigenvalue weighted by Gasteiger charge is -2.13. The summed E-state index contributed by atoms with van der Waals surface area (Å²) in [5.74, 6) is -1.36. The van der Waals surface area contributed by atoms with Crippen molar-refractivity contribution < 1.29 is 24.0 Å². The van der Waals surface area contributed by atoms with Gasteiger partial charge < -0.3 is 14.8 Å². The molecule has 1 aromatic heterocycles. The number of methoxy groups -OCH3 is 1. The molecule has 33 heavy (non-hydrogen) atoms. The average molecular weight is 454 g/mol. The molecular formula is C22H22N4O7. The monoisotopic (exact) mass is 454 g/mol. The molecule has 0 saturated heterocycles. The summed E-state index contributed by atoms with van der Waals surface area (Å²) < 4.78 is 11.4. The Hall–Kier alpha value is -4.28. The highest BCUT2D eigenvalue weighted by atomic mass is 16.6. The van der Waals surface area contributed by atoms with Gasteiger partial charge in [-0.2, -0.15) is 5.10 Å². The predicted molar refractivity (Wildman–Crippen MR) is 119 cm³/mol. The largest absolute Gasteiger partial charge is 0.494 e. The molecule has 0 aliphatic rings. The summed E-state index contributed by atoms with van der Waals surface area (Å²) in [6.07, 6.45) is 0. The molecular weight excluding hydrogens is 432 g/mol. The average Bonchev–Trinajstić information content (AvgIpc) is 2.79. The number of amides is 1. The van der Waals surface area contributed by atoms with Crippen molar-refractivity contribution in [2.75, 3.05) is 19.0 Å². The summed E-state index contributed by atoms with van der Waals surface area (Å²) in [4.78, 5) is 48.0. The Bertz CT molecular complexity index is 1280. The zero-order valence-electron chi connectivity index (χ0n) is 18.2. The third-order valence-electron chi connectivity index (χ3n) is 4.60. The SMILES string of the molecule is COc1cc([N+](=O)[O-])ccc1NC(=O)COC(=O)c1nn(CC(C)C)c(=O)c2ccccc12. The topological polar surface area (TPSA) is 143 Å². The van der Waals surface area contributed by atoms with Gasteiger partial charge in [-0.05, 0) is 18.1 Å². The van der Waals surface area contributed by atoms with Gasteiger partial charge >= 0.3 is 5.97 Å². The third-order valence-corrected chi connectivity index (χ3v) is 4.60. The van der Waals surface area contributed by atoms with E-state index in [0.717, 1.165) is 6.07 Å². The van der Waals surface area contributed by atoms with Gasteiger partial charge in [0.05, 0.1) is 29.2 Å². The second-order valence-corrected chi connectivity index (χ2v) is 7.54. The molecule has 0 fully saturated rings. The third kappa shape index (κ3) is 5.32. The minimum atomic E-state index is -0.866. The second kappa shape index (κ2) is 9.90. The Balaban J connectivity index is 1.78. The van der Waals surface area contributed by atoms with Crippen molar-refractivity contribution in [3.8, 4) is 5.75 Å². The number of esters is 1. The van der Waals surface area contributed by atoms with Crippen LogP contribution in [0.4, 0.5) is 11.4 Å². The van der Waals surface area contributed by atoms with Crippen LogP contribution < -0.4 is 15.6 Å². The quantitative estimate of drug-likeness (QED) is 0.311. The van der Waals surface area contributed by atoms with Crippen LogP contribution in [0.3, 0.4) is 0 Å². The van der Waals surface area contributed by atoms with Gasteiger partial charge in [0.1, 0.15) is 5.75 Å². The molecule has 3 rings (SSSR count). The fourth-order valence-corrected chi connectivity index (χ4v) is 3.14. The molecule has 0 atom stereocenters. The van der Waals surface area contributed by atoms with E-state index in [2.05, 4.69) is 10.4 Å². The Morgan fingerprint density at radius 2 is 1.88 bits per heavy atom. The normalized spacial score (nSPS) is 10.8. The van der Waals surface area contributed by atoms with Crippen LogP contribution >= 0.6 is 0 Å². The number of nitro benzene ring substituents is 1. The number of rotatable bonds is 8. The van der Waals surface area contributed by atoms with E-state index in [-0.39, 0.29) is 34.3 Å². The predicted octanol–water partition coefficient (Wildman–Crippen LogP) is 2.76. The molecule has 1 N–H and O–H groups in total. The van der Waals surface area contributed by atoms with E-state index < -0.39 is 23.4 Å². The van der Waals surface area contributed by atoms with Gasteiger partial charge in [0, 0.05) is 18.0 Å². The highest BCUT2D eigenvalue weighted by molar-refractivity contribution is 6.03. The molecule has 0 aliphatic carbocycles. The number of carbonyl (C=O) groups excluding carboxylic acids is 2. The van der Waals surface area contributed by atoms with Crippen molar-refractivity contribution in [1.29, 1.82) is 0 Å². The molecule has 0 unspecified atom stereocenters. The van der Waals surface area contributed by atoms with Crippen LogP contribution in [0.5, 0.6) is 5.75 Å². The lowest BCUT2D eigenvalue weighted by atomic mass is 10.1. The van der Waals surface area contributed by atoms with Crippen LogP contribution in [-0.4, -0.2) is 40.3 Å². The minimum Gasteiger partial charge on any atom is -0.494 e. The maximum absolute atomic E-state index is 12.7. The van der Waals surface area contributed by atoms with Crippen LogP contribution in [0.25, 0.3) is 10.8 Å². The fraction of sp³-hybridized carbons (Fsp3) is 0.273. The summed E-state index contributed by atoms with van der Waals surface area (Å²) >= 11 is 0. The maximum atomic E-state index is 12.7. The fourth-order valence-electron chi connectivity index (χ4n) is 3.14. The van der Waals surface area contributed by atoms with Gasteiger partial charge in [0.15, 0.2) is 12.3 Å². The Morgan fingerprint density at radius 3 is 2.52 bits per heavy atom. The number of nitro groups is 1. The molecule has 172 valence electrons. The molecule has 1 amide bonds. The highest BCUT2D eigenvalue weighted by Crippen LogP contribution is 2.28. The molecule has 0 bridgehead atoms. The Labute approximate surface area is 188 Å². The van der Waals surface area contributed by atoms with Crippen LogP contribution in [0, 0.1) is 16.0 Å². The molecule has 2 aromatic carbocycles. The number of nitrogens with zero attached hydrogens (tertiary/aromatic N) is 3. The van der Waals surface area contributed by atoms with Crippen LogP contribution in [-0.2, 0) is 16.1 Å². The summed E-state index contributed by atoms with van der Waals surface area (Å²) in [7, 11) is 1.30. The molecule has 3 aromatic rings. The van der Waals surface area contributed by atoms with E-state index >= 15 is 0 Å². The van der Waals surface area contributed by atoms with Gasteiger partial charge in [-0.15, -0.1) is 0 Å². The number of aromatic nitrogens is 2. The lowest BCUT2D eigenvalue weighted by Crippen LogP contribution is -2.29. The zero-order valence-corrected chi connectivity index (χ0v) is 18.2. The maximum Gasteiger partial charge on any atom is 0.359 e. The summed E-state index contributed by atoms with van der Waals surface area (Å²) in [5.41, 5.74) is -0.422. The van der Waals surface area contributed by atoms with E-state index in [1.54, 1.807) is 24.3 Å². The number of benzene rings is 2. The van der Waals surface area contributed by atoms with Crippen molar-refractivity contribution in [2.45, 2.75) is 20.4 Å². The van der Waals surface area contributed by atoms with Gasteiger partial charge in [-0.3, -0.25) is 19.7 Å². The first-order chi connectivity index (χ1) is 15.7. The number of fused-ring (bicyclic) bond motifs is 1. The zero-order chi connectivity index (χ0) is 24.1. The molecule has 0 spiro atoms. The van der Waals surface area contributed by atoms with Crippen molar-refractivity contribution in [3.05, 3.63) is 68.6 Å². The lowest BCUT2D eigenvalue weighted by molar-refractivity contribution is -0.384. The number of nitrogens with one attached hydrogen (secondary N) is 1. The first kappa shape index (κ1) is 23.4. The van der Waals surface area contributed by atoms with Crippen LogP contribution in [0.15, 0.2) is 47.3 Å². The number of carbonyl (C=O) groups is 2. The molecule has 11 heteroatoms. The van der Waals surface area contributed by atoms with Gasteiger partial charge in [0.2, 0.25) is 0 Å². The first-order valence-electron chi connectivity index (χ1n) is 10.0. The Morgan fingerprint density at radius 1 is 1.18 bits per heavy atom. The molecule has 0 radical (unpaired) electrons. The minimum absolute atomic E-state index is 0.0773. The number of hydrogen-bond donors (Lipinski definition) is 1. The number of ether oxygens (including phenoxy) is 2. The molecule has 0 aliphatic heterocycles. The molecule has 1 heterocycles. The molecule has 11 nitrogen and oxygen atoms in total. The van der Waals surface area contributed by atoms with Crippen LogP contribution in [0.2, 0.25) is 0 Å². The van der Waals surface area contributed by atoms with Crippen molar-refractivity contribution in [1.82, 2.24) is 9.78 Å². The Kier molecular flexibility index (Phi) is 7.01. The summed E-state index contributed by atoms with van der Waals surface area (Å²) in [6, 6.07) is 10.2. The van der Waals surface area contributed by atoms with E-state index in [9.17, 15) is 24.5 Å². The highest BCUT2D eigenvalue weighted by Gasteiger charge is 2.20.